The van der Waals surface area contributed by atoms with Crippen LogP contribution in [0, 0.1) is 0 Å². The lowest BCUT2D eigenvalue weighted by Crippen LogP contribution is -2.07. The number of nitrogens with zero attached hydrogens (tertiary/aromatic N) is 1. The maximum Gasteiger partial charge on any atom is 0.338 e. The van der Waals surface area contributed by atoms with Crippen molar-refractivity contribution in [3.05, 3.63) is 72.8 Å². The molecule has 25 heavy (non-hydrogen) atoms. The Morgan fingerprint density at radius 1 is 1.04 bits per heavy atom. The molecule has 0 N–H and O–H groups in total. The molecule has 0 bridgehead atoms. The summed E-state index contributed by atoms with van der Waals surface area (Å²) in [5.41, 5.74) is 2.40. The molecule has 0 aliphatic heterocycles. The van der Waals surface area contributed by atoms with Gasteiger partial charge >= 0.3 is 5.97 Å². The van der Waals surface area contributed by atoms with E-state index in [1.165, 1.54) is 5.39 Å². The van der Waals surface area contributed by atoms with E-state index < -0.39 is 5.97 Å². The van der Waals surface area contributed by atoms with Gasteiger partial charge in [-0.3, -0.25) is 0 Å². The van der Waals surface area contributed by atoms with Gasteiger partial charge in [-0.05, 0) is 42.6 Å². The summed E-state index contributed by atoms with van der Waals surface area (Å²) in [4.78, 5) is 16.4. The fraction of sp³-hybridized carbons (Fsp3) is 0.0476. The molecule has 0 fully saturated rings. The Kier molecular flexibility index (Phi) is 3.82. The zero-order valence-electron chi connectivity index (χ0n) is 13.7. The summed E-state index contributed by atoms with van der Waals surface area (Å²) in [6.07, 6.45) is 0. The highest BCUT2D eigenvalue weighted by Crippen LogP contribution is 2.34. The molecular formula is C21H15NO2S. The number of rotatable bonds is 3. The molecule has 3 nitrogen and oxygen atoms in total. The zero-order chi connectivity index (χ0) is 17.4. The van der Waals surface area contributed by atoms with E-state index >= 15 is 0 Å². The van der Waals surface area contributed by atoms with E-state index in [0.717, 1.165) is 26.2 Å². The number of benzene rings is 3. The topological polar surface area (TPSA) is 39.2 Å². The lowest BCUT2D eigenvalue weighted by Gasteiger charge is -2.04. The van der Waals surface area contributed by atoms with Crippen LogP contribution >= 0.6 is 11.3 Å². The van der Waals surface area contributed by atoms with Gasteiger partial charge in [-0.15, -0.1) is 11.3 Å². The lowest BCUT2D eigenvalue weighted by atomic mass is 10.1. The Labute approximate surface area is 149 Å². The van der Waals surface area contributed by atoms with Gasteiger partial charge < -0.3 is 4.74 Å². The van der Waals surface area contributed by atoms with E-state index in [-0.39, 0.29) is 0 Å². The standard InChI is InChI=1S/C21H15NO2S/c1-13(2)21(23)24-16-10-7-15(8-11-16)20-22-19-17-6-4-3-5-14(17)9-12-18(19)25-20/h3-12H,1H2,2H3. The van der Waals surface area contributed by atoms with E-state index in [1.807, 2.05) is 24.3 Å². The predicted octanol–water partition coefficient (Wildman–Crippen LogP) is 5.60. The first kappa shape index (κ1) is 15.5. The number of esters is 1. The van der Waals surface area contributed by atoms with Crippen LogP contribution < -0.4 is 4.74 Å². The second-order valence-electron chi connectivity index (χ2n) is 5.85. The Morgan fingerprint density at radius 3 is 2.56 bits per heavy atom. The van der Waals surface area contributed by atoms with Crippen molar-refractivity contribution in [1.82, 2.24) is 4.98 Å². The van der Waals surface area contributed by atoms with E-state index in [9.17, 15) is 4.79 Å². The molecule has 4 rings (SSSR count). The van der Waals surface area contributed by atoms with Crippen LogP contribution in [0.25, 0.3) is 31.6 Å². The van der Waals surface area contributed by atoms with Gasteiger partial charge in [0.2, 0.25) is 0 Å². The monoisotopic (exact) mass is 345 g/mol. The first-order chi connectivity index (χ1) is 12.1. The van der Waals surface area contributed by atoms with E-state index in [2.05, 4.69) is 30.8 Å². The molecule has 122 valence electrons. The Balaban J connectivity index is 1.71. The van der Waals surface area contributed by atoms with Crippen molar-refractivity contribution in [2.45, 2.75) is 6.92 Å². The SMILES string of the molecule is C=C(C)C(=O)Oc1ccc(-c2nc3c(ccc4ccccc43)s2)cc1. The van der Waals surface area contributed by atoms with Crippen molar-refractivity contribution >= 4 is 38.3 Å². The average Bonchev–Trinajstić information content (AvgIpc) is 3.07. The van der Waals surface area contributed by atoms with Gasteiger partial charge in [0, 0.05) is 16.5 Å². The molecule has 0 amide bonds. The van der Waals surface area contributed by atoms with E-state index in [0.29, 0.717) is 11.3 Å². The van der Waals surface area contributed by atoms with E-state index in [4.69, 9.17) is 9.72 Å². The molecule has 0 unspecified atom stereocenters. The van der Waals surface area contributed by atoms with Crippen molar-refractivity contribution in [3.63, 3.8) is 0 Å². The highest BCUT2D eigenvalue weighted by atomic mass is 32.1. The second-order valence-corrected chi connectivity index (χ2v) is 6.88. The molecule has 1 heterocycles. The van der Waals surface area contributed by atoms with Crippen LogP contribution in [0.15, 0.2) is 72.8 Å². The van der Waals surface area contributed by atoms with Crippen LogP contribution in [0.5, 0.6) is 5.75 Å². The van der Waals surface area contributed by atoms with E-state index in [1.54, 1.807) is 30.4 Å². The van der Waals surface area contributed by atoms with Crippen molar-refractivity contribution in [2.24, 2.45) is 0 Å². The van der Waals surface area contributed by atoms with Gasteiger partial charge in [-0.1, -0.05) is 36.9 Å². The molecule has 0 atom stereocenters. The summed E-state index contributed by atoms with van der Waals surface area (Å²) in [6, 6.07) is 19.9. The predicted molar refractivity (Wildman–Crippen MR) is 103 cm³/mol. The third-order valence-electron chi connectivity index (χ3n) is 3.94. The quantitative estimate of drug-likeness (QED) is 0.276. The highest BCUT2D eigenvalue weighted by Gasteiger charge is 2.10. The molecule has 3 aromatic carbocycles. The molecule has 0 spiro atoms. The maximum absolute atomic E-state index is 11.6. The number of fused-ring (bicyclic) bond motifs is 3. The largest absolute Gasteiger partial charge is 0.423 e. The lowest BCUT2D eigenvalue weighted by molar-refractivity contribution is -0.130. The molecule has 0 aliphatic carbocycles. The fourth-order valence-corrected chi connectivity index (χ4v) is 3.63. The Morgan fingerprint density at radius 2 is 1.80 bits per heavy atom. The molecule has 0 radical (unpaired) electrons. The molecule has 0 aliphatic rings. The van der Waals surface area contributed by atoms with Crippen molar-refractivity contribution in [3.8, 4) is 16.3 Å². The van der Waals surface area contributed by atoms with Gasteiger partial charge in [0.1, 0.15) is 10.8 Å². The van der Waals surface area contributed by atoms with Crippen LogP contribution in [-0.4, -0.2) is 11.0 Å². The zero-order valence-corrected chi connectivity index (χ0v) is 14.5. The molecule has 0 saturated carbocycles. The van der Waals surface area contributed by atoms with Crippen LogP contribution in [-0.2, 0) is 4.79 Å². The summed E-state index contributed by atoms with van der Waals surface area (Å²) < 4.78 is 6.39. The highest BCUT2D eigenvalue weighted by molar-refractivity contribution is 7.21. The molecule has 4 heteroatoms. The number of thiazole rings is 1. The first-order valence-corrected chi connectivity index (χ1v) is 8.70. The number of hydrogen-bond acceptors (Lipinski definition) is 4. The average molecular weight is 345 g/mol. The number of carbonyl (C=O) groups excluding carboxylic acids is 1. The molecule has 1 aromatic heterocycles. The molecular weight excluding hydrogens is 330 g/mol. The van der Waals surface area contributed by atoms with Crippen molar-refractivity contribution in [1.29, 1.82) is 0 Å². The van der Waals surface area contributed by atoms with Gasteiger partial charge in [0.05, 0.1) is 10.2 Å². The van der Waals surface area contributed by atoms with Gasteiger partial charge in [-0.2, -0.15) is 0 Å². The Hall–Kier alpha value is -2.98. The summed E-state index contributed by atoms with van der Waals surface area (Å²) in [5, 5.41) is 3.30. The third-order valence-corrected chi connectivity index (χ3v) is 5.01. The van der Waals surface area contributed by atoms with Gasteiger partial charge in [0.15, 0.2) is 0 Å². The molecule has 0 saturated heterocycles. The minimum Gasteiger partial charge on any atom is -0.423 e. The normalized spacial score (nSPS) is 10.9. The van der Waals surface area contributed by atoms with Gasteiger partial charge in [-0.25, -0.2) is 9.78 Å². The van der Waals surface area contributed by atoms with Crippen LogP contribution in [0.1, 0.15) is 6.92 Å². The second kappa shape index (κ2) is 6.15. The maximum atomic E-state index is 11.6. The minimum atomic E-state index is -0.417. The van der Waals surface area contributed by atoms with Crippen LogP contribution in [0.2, 0.25) is 0 Å². The smallest absolute Gasteiger partial charge is 0.338 e. The summed E-state index contributed by atoms with van der Waals surface area (Å²) in [7, 11) is 0. The van der Waals surface area contributed by atoms with Gasteiger partial charge in [0.25, 0.3) is 0 Å². The number of aromatic nitrogens is 1. The minimum absolute atomic E-state index is 0.377. The third kappa shape index (κ3) is 2.92. The van der Waals surface area contributed by atoms with Crippen LogP contribution in [0.4, 0.5) is 0 Å². The first-order valence-electron chi connectivity index (χ1n) is 7.88. The summed E-state index contributed by atoms with van der Waals surface area (Å²) in [5.74, 6) is 0.0857. The van der Waals surface area contributed by atoms with Crippen LogP contribution in [0.3, 0.4) is 0 Å². The number of carbonyl (C=O) groups is 1. The summed E-state index contributed by atoms with van der Waals surface area (Å²) in [6.45, 7) is 5.21. The van der Waals surface area contributed by atoms with Crippen molar-refractivity contribution in [2.75, 3.05) is 0 Å². The number of hydrogen-bond donors (Lipinski definition) is 0. The molecule has 4 aromatic rings. The Bertz CT molecular complexity index is 1110. The fourth-order valence-electron chi connectivity index (χ4n) is 2.64. The number of ether oxygens (including phenoxy) is 1. The van der Waals surface area contributed by atoms with Crippen molar-refractivity contribution < 1.29 is 9.53 Å². The summed E-state index contributed by atoms with van der Waals surface area (Å²) >= 11 is 1.66.